The predicted octanol–water partition coefficient (Wildman–Crippen LogP) is 6.61. The smallest absolute Gasteiger partial charge is 0.407 e. The van der Waals surface area contributed by atoms with Crippen molar-refractivity contribution >= 4 is 44.7 Å². The molecule has 282 valence electrons. The average molecular weight is 734 g/mol. The van der Waals surface area contributed by atoms with Crippen LogP contribution in [0.4, 0.5) is 4.79 Å². The van der Waals surface area contributed by atoms with Gasteiger partial charge in [0.15, 0.2) is 0 Å². The van der Waals surface area contributed by atoms with Gasteiger partial charge in [0, 0.05) is 36.8 Å². The lowest BCUT2D eigenvalue weighted by molar-refractivity contribution is -0.136. The van der Waals surface area contributed by atoms with Crippen LogP contribution < -0.4 is 16.5 Å². The topological polar surface area (TPSA) is 181 Å². The molecule has 13 nitrogen and oxygen atoms in total. The van der Waals surface area contributed by atoms with Crippen LogP contribution in [-0.4, -0.2) is 76.3 Å². The zero-order valence-electron chi connectivity index (χ0n) is 30.9. The number of ether oxygens (including phenoxy) is 2. The number of hydrogen-bond donors (Lipinski definition) is 4. The Labute approximate surface area is 312 Å². The minimum atomic E-state index is -0.723. The molecule has 0 radical (unpaired) electrons. The number of aromatic nitrogens is 4. The summed E-state index contributed by atoms with van der Waals surface area (Å²) in [6.07, 6.45) is 6.90. The molecule has 0 saturated carbocycles. The van der Waals surface area contributed by atoms with E-state index < -0.39 is 12.1 Å². The highest BCUT2D eigenvalue weighted by Gasteiger charge is 2.34. The number of imidazole rings is 2. The third kappa shape index (κ3) is 7.60. The Morgan fingerprint density at radius 2 is 1.74 bits per heavy atom. The lowest BCUT2D eigenvalue weighted by Gasteiger charge is -2.33. The number of nitrogens with zero attached hydrogens (tertiary/aromatic N) is 3. The van der Waals surface area contributed by atoms with Crippen molar-refractivity contribution in [3.8, 4) is 22.5 Å². The molecule has 1 fully saturated rings. The van der Waals surface area contributed by atoms with Gasteiger partial charge in [0.25, 0.3) is 0 Å². The van der Waals surface area contributed by atoms with Crippen LogP contribution in [0.2, 0.25) is 0 Å². The van der Waals surface area contributed by atoms with Gasteiger partial charge in [-0.05, 0) is 79.6 Å². The highest BCUT2D eigenvalue weighted by molar-refractivity contribution is 6.09. The first-order chi connectivity index (χ1) is 26.3. The van der Waals surface area contributed by atoms with E-state index in [4.69, 9.17) is 19.6 Å². The summed E-state index contributed by atoms with van der Waals surface area (Å²) in [6.45, 7) is 6.62. The standard InChI is InChI=1S/C41H47N7O6/c1-4-16-48(40(50)37(47-41(51)52-3)25-13-17-53-18-14-25)23-35-43-21-31(45-35)27-7-10-29-26(19-27)9-12-33-36(29)38(49)30-11-8-28(20-34(30)54-33)32-22-44-39(46-32)24(2)6-5-15-42/h7-12,19-22,24-25,37H,4-6,13-18,23,42H2,1-3H3,(H,43,45)(H,44,46)(H,47,51)/t24?,37-/m0/s1. The van der Waals surface area contributed by atoms with Gasteiger partial charge >= 0.3 is 6.09 Å². The number of aromatic amines is 2. The Bertz CT molecular complexity index is 2340. The van der Waals surface area contributed by atoms with E-state index in [0.29, 0.717) is 66.9 Å². The van der Waals surface area contributed by atoms with Crippen molar-refractivity contribution in [2.75, 3.05) is 33.4 Å². The second-order valence-corrected chi connectivity index (χ2v) is 14.1. The van der Waals surface area contributed by atoms with E-state index in [0.717, 1.165) is 58.4 Å². The van der Waals surface area contributed by atoms with Gasteiger partial charge in [-0.3, -0.25) is 9.59 Å². The second-order valence-electron chi connectivity index (χ2n) is 14.1. The molecule has 54 heavy (non-hydrogen) atoms. The van der Waals surface area contributed by atoms with Crippen molar-refractivity contribution in [3.63, 3.8) is 0 Å². The summed E-state index contributed by atoms with van der Waals surface area (Å²) in [4.78, 5) is 57.8. The van der Waals surface area contributed by atoms with Gasteiger partial charge < -0.3 is 39.8 Å². The van der Waals surface area contributed by atoms with Crippen molar-refractivity contribution < 1.29 is 23.5 Å². The summed E-state index contributed by atoms with van der Waals surface area (Å²) in [5, 5.41) is 5.47. The summed E-state index contributed by atoms with van der Waals surface area (Å²) in [7, 11) is 1.29. The summed E-state index contributed by atoms with van der Waals surface area (Å²) >= 11 is 0. The van der Waals surface area contributed by atoms with Crippen LogP contribution in [0.5, 0.6) is 0 Å². The first-order valence-electron chi connectivity index (χ1n) is 18.7. The SMILES string of the molecule is CCCN(Cc1ncc(-c2ccc3c(ccc4oc5cc(-c6cnc(C(C)CCCN)[nH]6)ccc5c(=O)c43)c2)[nH]1)C(=O)[C@@H](NC(=O)OC)C1CCOCC1. The molecule has 1 saturated heterocycles. The third-order valence-corrected chi connectivity index (χ3v) is 10.4. The Balaban J connectivity index is 1.13. The summed E-state index contributed by atoms with van der Waals surface area (Å²) < 4.78 is 16.7. The van der Waals surface area contributed by atoms with Crippen LogP contribution in [0, 0.1) is 5.92 Å². The van der Waals surface area contributed by atoms with Gasteiger partial charge in [-0.1, -0.05) is 38.1 Å². The molecule has 7 rings (SSSR count). The largest absolute Gasteiger partial charge is 0.456 e. The summed E-state index contributed by atoms with van der Waals surface area (Å²) in [5.41, 5.74) is 10.0. The molecule has 3 aromatic carbocycles. The van der Waals surface area contributed by atoms with E-state index in [1.165, 1.54) is 7.11 Å². The Kier molecular flexibility index (Phi) is 11.1. The van der Waals surface area contributed by atoms with E-state index in [1.807, 2.05) is 61.7 Å². The Morgan fingerprint density at radius 3 is 2.50 bits per heavy atom. The van der Waals surface area contributed by atoms with Crippen molar-refractivity contribution in [1.82, 2.24) is 30.2 Å². The number of hydrogen-bond acceptors (Lipinski definition) is 9. The number of rotatable bonds is 13. The van der Waals surface area contributed by atoms with E-state index in [2.05, 4.69) is 32.2 Å². The first kappa shape index (κ1) is 36.8. The molecule has 0 bridgehead atoms. The van der Waals surface area contributed by atoms with Crippen LogP contribution in [0.25, 0.3) is 55.2 Å². The maximum atomic E-state index is 14.0. The first-order valence-corrected chi connectivity index (χ1v) is 18.7. The van der Waals surface area contributed by atoms with Crippen molar-refractivity contribution in [1.29, 1.82) is 0 Å². The molecule has 1 aliphatic heterocycles. The number of amides is 2. The fourth-order valence-electron chi connectivity index (χ4n) is 7.43. The van der Waals surface area contributed by atoms with Crippen molar-refractivity contribution in [3.05, 3.63) is 82.8 Å². The minimum absolute atomic E-state index is 0.0559. The Morgan fingerprint density at radius 1 is 1.00 bits per heavy atom. The summed E-state index contributed by atoms with van der Waals surface area (Å²) in [5.74, 6) is 1.56. The molecule has 1 unspecified atom stereocenters. The van der Waals surface area contributed by atoms with Crippen LogP contribution >= 0.6 is 0 Å². The zero-order valence-corrected chi connectivity index (χ0v) is 30.9. The fraction of sp³-hybridized carbons (Fsp3) is 0.390. The predicted molar refractivity (Wildman–Crippen MR) is 208 cm³/mol. The van der Waals surface area contributed by atoms with Crippen LogP contribution in [0.15, 0.2) is 70.1 Å². The van der Waals surface area contributed by atoms with Crippen LogP contribution in [0.3, 0.4) is 0 Å². The Hall–Kier alpha value is -5.53. The number of carbonyl (C=O) groups is 2. The number of fused-ring (bicyclic) bond motifs is 4. The van der Waals surface area contributed by atoms with Gasteiger partial charge in [-0.25, -0.2) is 14.8 Å². The van der Waals surface area contributed by atoms with E-state index in [9.17, 15) is 14.4 Å². The number of alkyl carbamates (subject to hydrolysis) is 1. The highest BCUT2D eigenvalue weighted by atomic mass is 16.5. The highest BCUT2D eigenvalue weighted by Crippen LogP contribution is 2.32. The minimum Gasteiger partial charge on any atom is -0.456 e. The monoisotopic (exact) mass is 733 g/mol. The lowest BCUT2D eigenvalue weighted by atomic mass is 9.90. The molecule has 0 aliphatic carbocycles. The quantitative estimate of drug-likeness (QED) is 0.0750. The average Bonchev–Trinajstić information content (AvgIpc) is 3.89. The number of carbonyl (C=O) groups excluding carboxylic acids is 2. The number of methoxy groups -OCH3 is 1. The molecule has 3 aromatic heterocycles. The zero-order chi connectivity index (χ0) is 37.8. The maximum Gasteiger partial charge on any atom is 0.407 e. The molecule has 2 amide bonds. The van der Waals surface area contributed by atoms with E-state index >= 15 is 0 Å². The molecule has 0 spiro atoms. The number of nitrogens with one attached hydrogen (secondary N) is 3. The molecule has 4 heterocycles. The number of H-pyrrole nitrogens is 2. The van der Waals surface area contributed by atoms with Crippen molar-refractivity contribution in [2.45, 2.75) is 64.5 Å². The van der Waals surface area contributed by atoms with Gasteiger partial charge in [0.05, 0.1) is 48.2 Å². The summed E-state index contributed by atoms with van der Waals surface area (Å²) in [6, 6.07) is 14.6. The van der Waals surface area contributed by atoms with Gasteiger partial charge in [0.2, 0.25) is 11.3 Å². The maximum absolute atomic E-state index is 14.0. The van der Waals surface area contributed by atoms with E-state index in [-0.39, 0.29) is 29.7 Å². The fourth-order valence-corrected chi connectivity index (χ4v) is 7.43. The molecule has 6 aromatic rings. The molecule has 2 atom stereocenters. The van der Waals surface area contributed by atoms with Gasteiger partial charge in [-0.2, -0.15) is 0 Å². The van der Waals surface area contributed by atoms with Gasteiger partial charge in [-0.15, -0.1) is 0 Å². The van der Waals surface area contributed by atoms with Crippen molar-refractivity contribution in [2.24, 2.45) is 11.7 Å². The van der Waals surface area contributed by atoms with Gasteiger partial charge in [0.1, 0.15) is 28.9 Å². The molecule has 5 N–H and O–H groups in total. The number of benzene rings is 3. The molecular weight excluding hydrogens is 686 g/mol. The normalized spacial score (nSPS) is 14.7. The van der Waals surface area contributed by atoms with Crippen LogP contribution in [-0.2, 0) is 20.8 Å². The molecular formula is C41H47N7O6. The molecule has 1 aliphatic rings. The number of nitrogens with two attached hydrogens (primary N) is 1. The van der Waals surface area contributed by atoms with E-state index in [1.54, 1.807) is 11.1 Å². The second kappa shape index (κ2) is 16.2. The third-order valence-electron chi connectivity index (χ3n) is 10.4. The van der Waals surface area contributed by atoms with Crippen LogP contribution in [0.1, 0.15) is 63.5 Å². The lowest BCUT2D eigenvalue weighted by Crippen LogP contribution is -2.53. The molecule has 13 heteroatoms.